The summed E-state index contributed by atoms with van der Waals surface area (Å²) in [5, 5.41) is 9.19. The maximum Gasteiger partial charge on any atom is 0.258 e. The number of carbonyl (C=O) groups excluding carboxylic acids is 1. The van der Waals surface area contributed by atoms with E-state index in [4.69, 9.17) is 4.42 Å². The van der Waals surface area contributed by atoms with Gasteiger partial charge >= 0.3 is 0 Å². The van der Waals surface area contributed by atoms with Crippen molar-refractivity contribution in [1.82, 2.24) is 19.6 Å². The third-order valence-corrected chi connectivity index (χ3v) is 5.06. The molecule has 0 saturated carbocycles. The third-order valence-electron chi connectivity index (χ3n) is 4.25. The molecule has 0 fully saturated rings. The molecule has 1 N–H and O–H groups in total. The number of hydrogen-bond donors (Lipinski definition) is 1. The Morgan fingerprint density at radius 3 is 2.89 bits per heavy atom. The Kier molecular flexibility index (Phi) is 3.51. The Morgan fingerprint density at radius 1 is 1.19 bits per heavy atom. The molecule has 7 nitrogen and oxygen atoms in total. The van der Waals surface area contributed by atoms with Crippen molar-refractivity contribution in [2.24, 2.45) is 0 Å². The summed E-state index contributed by atoms with van der Waals surface area (Å²) in [6.07, 6.45) is 1.35. The molecule has 0 saturated heterocycles. The van der Waals surface area contributed by atoms with Gasteiger partial charge in [0.05, 0.1) is 5.69 Å². The summed E-state index contributed by atoms with van der Waals surface area (Å²) in [6.45, 7) is 2.05. The van der Waals surface area contributed by atoms with Gasteiger partial charge in [0.15, 0.2) is 12.0 Å². The predicted octanol–water partition coefficient (Wildman–Crippen LogP) is 4.16. The van der Waals surface area contributed by atoms with Crippen molar-refractivity contribution < 1.29 is 9.21 Å². The SMILES string of the molecule is Cc1ccc(-c2csc3nc(NC(=O)c4ccc5ocnc5c4)nn23)cc1. The monoisotopic (exact) mass is 375 g/mol. The normalized spacial score (nSPS) is 11.3. The van der Waals surface area contributed by atoms with E-state index in [2.05, 4.69) is 32.5 Å². The maximum atomic E-state index is 12.5. The first-order valence-corrected chi connectivity index (χ1v) is 9.11. The molecular formula is C19H13N5O2S. The molecule has 0 bridgehead atoms. The van der Waals surface area contributed by atoms with Crippen LogP contribution < -0.4 is 5.32 Å². The van der Waals surface area contributed by atoms with Gasteiger partial charge < -0.3 is 4.42 Å². The molecule has 8 heteroatoms. The van der Waals surface area contributed by atoms with Crippen LogP contribution in [0.25, 0.3) is 27.3 Å². The largest absolute Gasteiger partial charge is 0.443 e. The molecule has 0 radical (unpaired) electrons. The lowest BCUT2D eigenvalue weighted by molar-refractivity contribution is 0.102. The van der Waals surface area contributed by atoms with Gasteiger partial charge in [0.25, 0.3) is 11.9 Å². The number of oxazole rings is 1. The molecule has 1 amide bonds. The van der Waals surface area contributed by atoms with E-state index in [0.717, 1.165) is 11.3 Å². The number of rotatable bonds is 3. The molecule has 5 rings (SSSR count). The quantitative estimate of drug-likeness (QED) is 0.512. The highest BCUT2D eigenvalue weighted by Gasteiger charge is 2.15. The highest BCUT2D eigenvalue weighted by atomic mass is 32.1. The minimum absolute atomic E-state index is 0.264. The second kappa shape index (κ2) is 6.03. The van der Waals surface area contributed by atoms with E-state index < -0.39 is 0 Å². The predicted molar refractivity (Wildman–Crippen MR) is 103 cm³/mol. The molecule has 2 aromatic carbocycles. The molecule has 27 heavy (non-hydrogen) atoms. The van der Waals surface area contributed by atoms with Gasteiger partial charge in [-0.05, 0) is 25.1 Å². The summed E-state index contributed by atoms with van der Waals surface area (Å²) in [7, 11) is 0. The molecule has 5 aromatic rings. The van der Waals surface area contributed by atoms with E-state index in [1.54, 1.807) is 22.7 Å². The fourth-order valence-corrected chi connectivity index (χ4v) is 3.66. The lowest BCUT2D eigenvalue weighted by Gasteiger charge is -2.01. The zero-order valence-electron chi connectivity index (χ0n) is 14.2. The van der Waals surface area contributed by atoms with Gasteiger partial charge in [0.1, 0.15) is 5.52 Å². The highest BCUT2D eigenvalue weighted by Crippen LogP contribution is 2.26. The zero-order valence-corrected chi connectivity index (χ0v) is 15.0. The summed E-state index contributed by atoms with van der Waals surface area (Å²) in [5.41, 5.74) is 4.91. The number of aromatic nitrogens is 4. The second-order valence-corrected chi connectivity index (χ2v) is 6.94. The molecule has 0 spiro atoms. The van der Waals surface area contributed by atoms with Crippen molar-refractivity contribution >= 4 is 39.3 Å². The number of nitrogens with zero attached hydrogens (tertiary/aromatic N) is 4. The van der Waals surface area contributed by atoms with Gasteiger partial charge in [0, 0.05) is 16.5 Å². The van der Waals surface area contributed by atoms with Gasteiger partial charge in [-0.25, -0.2) is 9.50 Å². The molecule has 132 valence electrons. The molecule has 0 aliphatic rings. The summed E-state index contributed by atoms with van der Waals surface area (Å²) >= 11 is 1.48. The lowest BCUT2D eigenvalue weighted by Crippen LogP contribution is -2.13. The van der Waals surface area contributed by atoms with E-state index in [0.29, 0.717) is 21.6 Å². The van der Waals surface area contributed by atoms with Crippen LogP contribution >= 0.6 is 11.3 Å². The molecule has 3 heterocycles. The number of thiazole rings is 1. The van der Waals surface area contributed by atoms with Crippen molar-refractivity contribution in [3.8, 4) is 11.3 Å². The number of benzene rings is 2. The number of aryl methyl sites for hydroxylation is 1. The van der Waals surface area contributed by atoms with Crippen molar-refractivity contribution in [2.75, 3.05) is 5.32 Å². The van der Waals surface area contributed by atoms with Crippen LogP contribution in [-0.2, 0) is 0 Å². The maximum absolute atomic E-state index is 12.5. The molecule has 0 unspecified atom stereocenters. The smallest absolute Gasteiger partial charge is 0.258 e. The first-order chi connectivity index (χ1) is 13.2. The topological polar surface area (TPSA) is 85.3 Å². The molecule has 0 aliphatic heterocycles. The van der Waals surface area contributed by atoms with Gasteiger partial charge in [-0.15, -0.1) is 16.4 Å². The van der Waals surface area contributed by atoms with E-state index in [-0.39, 0.29) is 11.9 Å². The van der Waals surface area contributed by atoms with Crippen LogP contribution in [-0.4, -0.2) is 25.5 Å². The van der Waals surface area contributed by atoms with E-state index >= 15 is 0 Å². The number of carbonyl (C=O) groups is 1. The number of amides is 1. The number of nitrogens with one attached hydrogen (secondary N) is 1. The van der Waals surface area contributed by atoms with Crippen molar-refractivity contribution in [2.45, 2.75) is 6.92 Å². The number of fused-ring (bicyclic) bond motifs is 2. The van der Waals surface area contributed by atoms with E-state index in [9.17, 15) is 4.79 Å². The average molecular weight is 375 g/mol. The summed E-state index contributed by atoms with van der Waals surface area (Å²) in [4.78, 5) is 21.7. The van der Waals surface area contributed by atoms with Crippen molar-refractivity contribution in [3.63, 3.8) is 0 Å². The number of hydrogen-bond acceptors (Lipinski definition) is 6. The van der Waals surface area contributed by atoms with Gasteiger partial charge in [-0.3, -0.25) is 10.1 Å². The van der Waals surface area contributed by atoms with E-state index in [1.165, 1.54) is 23.3 Å². The lowest BCUT2D eigenvalue weighted by atomic mass is 10.1. The van der Waals surface area contributed by atoms with Crippen LogP contribution in [0, 0.1) is 6.92 Å². The number of anilines is 1. The third kappa shape index (κ3) is 2.76. The van der Waals surface area contributed by atoms with Crippen LogP contribution in [0.5, 0.6) is 0 Å². The standard InChI is InChI=1S/C19H13N5O2S/c1-11-2-4-12(5-3-11)15-9-27-19-22-18(23-24(15)19)21-17(25)13-6-7-16-14(8-13)20-10-26-16/h2-10H,1H3,(H,21,23,25). The van der Waals surface area contributed by atoms with Crippen LogP contribution in [0.4, 0.5) is 5.95 Å². The molecule has 3 aromatic heterocycles. The van der Waals surface area contributed by atoms with Crippen molar-refractivity contribution in [3.05, 3.63) is 65.4 Å². The Bertz CT molecular complexity index is 1280. The Labute approximate surface area is 157 Å². The Morgan fingerprint density at radius 2 is 2.04 bits per heavy atom. The molecule has 0 aliphatic carbocycles. The average Bonchev–Trinajstić information content (AvgIpc) is 3.37. The first-order valence-electron chi connectivity index (χ1n) is 8.23. The van der Waals surface area contributed by atoms with Gasteiger partial charge in [-0.1, -0.05) is 29.8 Å². The Hall–Kier alpha value is -3.52. The summed E-state index contributed by atoms with van der Waals surface area (Å²) in [6, 6.07) is 13.3. The van der Waals surface area contributed by atoms with Crippen molar-refractivity contribution in [1.29, 1.82) is 0 Å². The summed E-state index contributed by atoms with van der Waals surface area (Å²) < 4.78 is 6.94. The second-order valence-electron chi connectivity index (χ2n) is 6.11. The minimum atomic E-state index is -0.296. The Balaban J connectivity index is 1.45. The molecule has 0 atom stereocenters. The van der Waals surface area contributed by atoms with Gasteiger partial charge in [0.2, 0.25) is 4.96 Å². The van der Waals surface area contributed by atoms with Crippen LogP contribution in [0.1, 0.15) is 15.9 Å². The van der Waals surface area contributed by atoms with E-state index in [1.807, 2.05) is 24.4 Å². The van der Waals surface area contributed by atoms with Crippen LogP contribution in [0.2, 0.25) is 0 Å². The minimum Gasteiger partial charge on any atom is -0.443 e. The van der Waals surface area contributed by atoms with Gasteiger partial charge in [-0.2, -0.15) is 4.98 Å². The summed E-state index contributed by atoms with van der Waals surface area (Å²) in [5.74, 6) is -0.0319. The molecular weight excluding hydrogens is 362 g/mol. The fourth-order valence-electron chi connectivity index (χ4n) is 2.83. The zero-order chi connectivity index (χ0) is 18.4. The fraction of sp³-hybridized carbons (Fsp3) is 0.0526. The first kappa shape index (κ1) is 15.7. The van der Waals surface area contributed by atoms with Crippen LogP contribution in [0.3, 0.4) is 0 Å². The highest BCUT2D eigenvalue weighted by molar-refractivity contribution is 7.15. The van der Waals surface area contributed by atoms with Crippen LogP contribution in [0.15, 0.2) is 58.7 Å².